The number of esters is 1. The highest BCUT2D eigenvalue weighted by Crippen LogP contribution is 2.26. The maximum absolute atomic E-state index is 13.4. The van der Waals surface area contributed by atoms with Gasteiger partial charge in [0.15, 0.2) is 17.4 Å². The van der Waals surface area contributed by atoms with Crippen LogP contribution in [-0.2, 0) is 9.53 Å². The van der Waals surface area contributed by atoms with Crippen LogP contribution in [0.25, 0.3) is 0 Å². The molecule has 2 atom stereocenters. The van der Waals surface area contributed by atoms with E-state index in [2.05, 4.69) is 4.74 Å². The molecule has 0 bridgehead atoms. The van der Waals surface area contributed by atoms with Crippen LogP contribution in [0.3, 0.4) is 0 Å². The molecule has 0 fully saturated rings. The predicted molar refractivity (Wildman–Crippen MR) is 76.2 cm³/mol. The van der Waals surface area contributed by atoms with Crippen molar-refractivity contribution in [2.24, 2.45) is 5.73 Å². The fraction of sp³-hybridized carbons (Fsp3) is 0.533. The number of aliphatic hydroxyl groups excluding tert-OH is 1. The minimum atomic E-state index is -1.73. The normalized spacial score (nSPS) is 13.5. The molecule has 3 N–H and O–H groups in total. The second-order valence-electron chi connectivity index (χ2n) is 5.12. The minimum absolute atomic E-state index is 0.0337. The summed E-state index contributed by atoms with van der Waals surface area (Å²) in [5.41, 5.74) is 5.56. The lowest BCUT2D eigenvalue weighted by Gasteiger charge is -2.19. The Kier molecular flexibility index (Phi) is 7.93. The van der Waals surface area contributed by atoms with Gasteiger partial charge in [0.05, 0.1) is 13.0 Å². The van der Waals surface area contributed by atoms with Crippen LogP contribution < -0.4 is 10.5 Å². The van der Waals surface area contributed by atoms with Crippen LogP contribution in [0.2, 0.25) is 0 Å². The Labute approximate surface area is 136 Å². The van der Waals surface area contributed by atoms with E-state index in [0.29, 0.717) is 6.42 Å². The molecule has 136 valence electrons. The molecule has 0 spiro atoms. The summed E-state index contributed by atoms with van der Waals surface area (Å²) in [7, 11) is 0. The Morgan fingerprint density at radius 2 is 1.83 bits per heavy atom. The lowest BCUT2D eigenvalue weighted by atomic mass is 10.1. The highest BCUT2D eigenvalue weighted by Gasteiger charge is 2.24. The second kappa shape index (κ2) is 9.43. The van der Waals surface area contributed by atoms with E-state index in [-0.39, 0.29) is 19.1 Å². The van der Waals surface area contributed by atoms with Crippen LogP contribution in [0.5, 0.6) is 5.75 Å². The predicted octanol–water partition coefficient (Wildman–Crippen LogP) is 2.04. The molecule has 1 unspecified atom stereocenters. The van der Waals surface area contributed by atoms with Crippen LogP contribution in [0, 0.1) is 23.3 Å². The summed E-state index contributed by atoms with van der Waals surface area (Å²) >= 11 is 0. The van der Waals surface area contributed by atoms with Gasteiger partial charge in [0.1, 0.15) is 12.7 Å². The largest absolute Gasteiger partial charge is 0.485 e. The quantitative estimate of drug-likeness (QED) is 0.307. The third-order valence-electron chi connectivity index (χ3n) is 3.13. The molecule has 9 heteroatoms. The average Bonchev–Trinajstić information content (AvgIpc) is 2.53. The summed E-state index contributed by atoms with van der Waals surface area (Å²) in [6, 6.07) is -1.10. The van der Waals surface area contributed by atoms with Gasteiger partial charge in [0.25, 0.3) is 0 Å². The summed E-state index contributed by atoms with van der Waals surface area (Å²) in [5, 5.41) is 9.73. The van der Waals surface area contributed by atoms with Gasteiger partial charge in [-0.05, 0) is 6.42 Å². The maximum Gasteiger partial charge on any atom is 0.307 e. The first-order chi connectivity index (χ1) is 11.3. The van der Waals surface area contributed by atoms with E-state index in [0.717, 1.165) is 6.42 Å². The first kappa shape index (κ1) is 20.2. The molecule has 24 heavy (non-hydrogen) atoms. The number of hydrogen-bond acceptors (Lipinski definition) is 5. The van der Waals surface area contributed by atoms with Crippen LogP contribution in [-0.4, -0.2) is 36.4 Å². The van der Waals surface area contributed by atoms with Gasteiger partial charge >= 0.3 is 5.97 Å². The Hall–Kier alpha value is -1.87. The molecule has 1 aromatic rings. The first-order valence-corrected chi connectivity index (χ1v) is 7.33. The van der Waals surface area contributed by atoms with E-state index < -0.39 is 53.7 Å². The van der Waals surface area contributed by atoms with E-state index >= 15 is 0 Å². The maximum atomic E-state index is 13.4. The SMILES string of the molecule is CCCCOC(=O)C[C@H](N)C(O)COc1c(F)c(F)cc(F)c1F. The number of halogens is 4. The highest BCUT2D eigenvalue weighted by molar-refractivity contribution is 5.70. The van der Waals surface area contributed by atoms with Gasteiger partial charge in [-0.15, -0.1) is 0 Å². The van der Waals surface area contributed by atoms with Crippen LogP contribution >= 0.6 is 0 Å². The zero-order chi connectivity index (χ0) is 18.3. The third kappa shape index (κ3) is 5.64. The van der Waals surface area contributed by atoms with E-state index in [1.165, 1.54) is 0 Å². The van der Waals surface area contributed by atoms with Gasteiger partial charge in [-0.1, -0.05) is 13.3 Å². The summed E-state index contributed by atoms with van der Waals surface area (Å²) in [4.78, 5) is 11.4. The number of carbonyl (C=O) groups excluding carboxylic acids is 1. The molecule has 0 saturated carbocycles. The van der Waals surface area contributed by atoms with Gasteiger partial charge in [-0.2, -0.15) is 8.78 Å². The van der Waals surface area contributed by atoms with Crippen molar-refractivity contribution in [1.82, 2.24) is 0 Å². The standard InChI is InChI=1S/C15H19F4NO4/c1-2-3-4-23-12(22)6-10(20)11(21)7-24-15-13(18)8(16)5-9(17)14(15)19/h5,10-11,21H,2-4,6-7,20H2,1H3/t10-,11?/m0/s1. The van der Waals surface area contributed by atoms with Crippen LogP contribution in [0.15, 0.2) is 6.07 Å². The number of carbonyl (C=O) groups is 1. The summed E-state index contributed by atoms with van der Waals surface area (Å²) in [6.07, 6.45) is -0.349. The van der Waals surface area contributed by atoms with Gasteiger partial charge < -0.3 is 20.3 Å². The van der Waals surface area contributed by atoms with Crippen molar-refractivity contribution < 1.29 is 36.9 Å². The van der Waals surface area contributed by atoms with Crippen molar-refractivity contribution in [2.75, 3.05) is 13.2 Å². The molecule has 0 aliphatic carbocycles. The summed E-state index contributed by atoms with van der Waals surface area (Å²) in [6.45, 7) is 1.36. The Morgan fingerprint density at radius 1 is 1.25 bits per heavy atom. The van der Waals surface area contributed by atoms with E-state index in [9.17, 15) is 27.5 Å². The summed E-state index contributed by atoms with van der Waals surface area (Å²) < 4.78 is 62.2. The fourth-order valence-corrected chi connectivity index (χ4v) is 1.69. The number of ether oxygens (including phenoxy) is 2. The number of nitrogens with two attached hydrogens (primary N) is 1. The molecule has 0 amide bonds. The molecule has 0 aliphatic heterocycles. The lowest BCUT2D eigenvalue weighted by Crippen LogP contribution is -2.41. The van der Waals surface area contributed by atoms with E-state index in [1.54, 1.807) is 0 Å². The van der Waals surface area contributed by atoms with E-state index in [4.69, 9.17) is 10.5 Å². The van der Waals surface area contributed by atoms with Gasteiger partial charge in [0.2, 0.25) is 11.6 Å². The first-order valence-electron chi connectivity index (χ1n) is 7.33. The van der Waals surface area contributed by atoms with Crippen molar-refractivity contribution in [1.29, 1.82) is 0 Å². The number of rotatable bonds is 9. The van der Waals surface area contributed by atoms with Crippen LogP contribution in [0.1, 0.15) is 26.2 Å². The second-order valence-corrected chi connectivity index (χ2v) is 5.12. The minimum Gasteiger partial charge on any atom is -0.485 e. The van der Waals surface area contributed by atoms with Crippen molar-refractivity contribution in [2.45, 2.75) is 38.3 Å². The molecular weight excluding hydrogens is 334 g/mol. The molecule has 0 radical (unpaired) electrons. The van der Waals surface area contributed by atoms with Gasteiger partial charge in [-0.3, -0.25) is 4.79 Å². The van der Waals surface area contributed by atoms with Crippen molar-refractivity contribution in [3.05, 3.63) is 29.3 Å². The zero-order valence-electron chi connectivity index (χ0n) is 13.0. The van der Waals surface area contributed by atoms with Gasteiger partial charge in [0, 0.05) is 12.1 Å². The average molecular weight is 353 g/mol. The molecule has 0 saturated heterocycles. The molecule has 0 heterocycles. The van der Waals surface area contributed by atoms with Crippen molar-refractivity contribution >= 4 is 5.97 Å². The Morgan fingerprint density at radius 3 is 2.38 bits per heavy atom. The molecular formula is C15H19F4NO4. The van der Waals surface area contributed by atoms with Crippen LogP contribution in [0.4, 0.5) is 17.6 Å². The highest BCUT2D eigenvalue weighted by atomic mass is 19.2. The topological polar surface area (TPSA) is 81.8 Å². The smallest absolute Gasteiger partial charge is 0.307 e. The molecule has 0 aromatic heterocycles. The molecule has 5 nitrogen and oxygen atoms in total. The Bertz CT molecular complexity index is 545. The zero-order valence-corrected chi connectivity index (χ0v) is 13.0. The summed E-state index contributed by atoms with van der Waals surface area (Å²) in [5.74, 6) is -8.68. The van der Waals surface area contributed by atoms with Crippen molar-refractivity contribution in [3.8, 4) is 5.75 Å². The number of aliphatic hydroxyl groups is 1. The van der Waals surface area contributed by atoms with E-state index in [1.807, 2.05) is 6.92 Å². The van der Waals surface area contributed by atoms with Crippen molar-refractivity contribution in [3.63, 3.8) is 0 Å². The number of benzene rings is 1. The fourth-order valence-electron chi connectivity index (χ4n) is 1.69. The molecule has 1 rings (SSSR count). The third-order valence-corrected chi connectivity index (χ3v) is 3.13. The molecule has 0 aliphatic rings. The number of unbranched alkanes of at least 4 members (excludes halogenated alkanes) is 1. The van der Waals surface area contributed by atoms with Gasteiger partial charge in [-0.25, -0.2) is 8.78 Å². The number of hydrogen-bond donors (Lipinski definition) is 2. The lowest BCUT2D eigenvalue weighted by molar-refractivity contribution is -0.144. The monoisotopic (exact) mass is 353 g/mol. The Balaban J connectivity index is 2.57. The molecule has 1 aromatic carbocycles.